The van der Waals surface area contributed by atoms with Crippen molar-refractivity contribution in [2.75, 3.05) is 0 Å². The summed E-state index contributed by atoms with van der Waals surface area (Å²) >= 11 is 0. The number of esters is 2. The number of aliphatic hydroxyl groups excluding tert-OH is 2. The summed E-state index contributed by atoms with van der Waals surface area (Å²) in [5.74, 6) is -0.356. The van der Waals surface area contributed by atoms with Gasteiger partial charge in [-0.05, 0) is 35.4 Å². The van der Waals surface area contributed by atoms with Gasteiger partial charge in [0, 0.05) is 0 Å². The van der Waals surface area contributed by atoms with Crippen molar-refractivity contribution in [1.29, 1.82) is 0 Å². The standard InChI is InChI=1S/C20H14O8/c21-17-9-15(19(23)27-17)25-13-5-1-11(2-6-13)12-3-7-14(8-4-12)26-16-10-18(22)28-20(16)24/h1-10,19-20,23-24H. The minimum atomic E-state index is -1.39. The van der Waals surface area contributed by atoms with Crippen LogP contribution in [0.4, 0.5) is 0 Å². The number of cyclic esters (lactones) is 2. The summed E-state index contributed by atoms with van der Waals surface area (Å²) in [5, 5.41) is 19.0. The summed E-state index contributed by atoms with van der Waals surface area (Å²) in [6.45, 7) is 0. The van der Waals surface area contributed by atoms with Crippen molar-refractivity contribution in [2.24, 2.45) is 0 Å². The van der Waals surface area contributed by atoms with Gasteiger partial charge in [0.2, 0.25) is 0 Å². The zero-order valence-corrected chi connectivity index (χ0v) is 14.3. The van der Waals surface area contributed by atoms with E-state index in [0.717, 1.165) is 23.3 Å². The Kier molecular flexibility index (Phi) is 4.56. The van der Waals surface area contributed by atoms with Crippen LogP contribution < -0.4 is 9.47 Å². The summed E-state index contributed by atoms with van der Waals surface area (Å²) in [6.07, 6.45) is -0.609. The Bertz CT molecular complexity index is 891. The first-order chi connectivity index (χ1) is 13.5. The van der Waals surface area contributed by atoms with Crippen LogP contribution in [-0.4, -0.2) is 34.7 Å². The molecule has 8 heteroatoms. The normalized spacial score (nSPS) is 20.9. The second-order valence-corrected chi connectivity index (χ2v) is 5.92. The Labute approximate surface area is 158 Å². The molecule has 2 atom stereocenters. The highest BCUT2D eigenvalue weighted by atomic mass is 16.7. The van der Waals surface area contributed by atoms with Crippen molar-refractivity contribution < 1.29 is 38.7 Å². The fourth-order valence-corrected chi connectivity index (χ4v) is 2.64. The predicted molar refractivity (Wildman–Crippen MR) is 93.5 cm³/mol. The molecule has 2 N–H and O–H groups in total. The number of rotatable bonds is 5. The van der Waals surface area contributed by atoms with E-state index in [0.29, 0.717) is 11.5 Å². The predicted octanol–water partition coefficient (Wildman–Crippen LogP) is 1.63. The Balaban J connectivity index is 1.43. The molecule has 2 unspecified atom stereocenters. The maximum atomic E-state index is 11.1. The lowest BCUT2D eigenvalue weighted by molar-refractivity contribution is -0.154. The molecule has 0 amide bonds. The third-order valence-corrected chi connectivity index (χ3v) is 3.98. The third kappa shape index (κ3) is 3.73. The molecular weight excluding hydrogens is 368 g/mol. The van der Waals surface area contributed by atoms with Gasteiger partial charge in [0.25, 0.3) is 12.6 Å². The molecule has 2 aliphatic heterocycles. The first-order valence-corrected chi connectivity index (χ1v) is 8.25. The van der Waals surface area contributed by atoms with E-state index in [9.17, 15) is 19.8 Å². The molecule has 2 aromatic rings. The van der Waals surface area contributed by atoms with Gasteiger partial charge in [0.05, 0.1) is 12.2 Å². The number of carbonyl (C=O) groups excluding carboxylic acids is 2. The van der Waals surface area contributed by atoms with Crippen LogP contribution in [-0.2, 0) is 19.1 Å². The van der Waals surface area contributed by atoms with Crippen LogP contribution in [0.3, 0.4) is 0 Å². The molecule has 8 nitrogen and oxygen atoms in total. The van der Waals surface area contributed by atoms with Crippen LogP contribution in [0.5, 0.6) is 11.5 Å². The summed E-state index contributed by atoms with van der Waals surface area (Å²) in [4.78, 5) is 22.1. The molecule has 2 aromatic carbocycles. The largest absolute Gasteiger partial charge is 0.455 e. The molecule has 2 heterocycles. The molecule has 0 bridgehead atoms. The minimum absolute atomic E-state index is 0.0325. The molecule has 0 saturated heterocycles. The van der Waals surface area contributed by atoms with Crippen molar-refractivity contribution in [1.82, 2.24) is 0 Å². The zero-order chi connectivity index (χ0) is 19.7. The van der Waals surface area contributed by atoms with Crippen molar-refractivity contribution in [3.63, 3.8) is 0 Å². The second-order valence-electron chi connectivity index (χ2n) is 5.92. The smallest absolute Gasteiger partial charge is 0.337 e. The monoisotopic (exact) mass is 382 g/mol. The van der Waals surface area contributed by atoms with Gasteiger partial charge in [-0.15, -0.1) is 0 Å². The average Bonchev–Trinajstić information content (AvgIpc) is 3.16. The van der Waals surface area contributed by atoms with Crippen molar-refractivity contribution >= 4 is 11.9 Å². The highest BCUT2D eigenvalue weighted by molar-refractivity contribution is 5.85. The van der Waals surface area contributed by atoms with Crippen LogP contribution in [0.2, 0.25) is 0 Å². The van der Waals surface area contributed by atoms with Crippen LogP contribution in [0.1, 0.15) is 0 Å². The first-order valence-electron chi connectivity index (χ1n) is 8.25. The van der Waals surface area contributed by atoms with Crippen LogP contribution in [0.25, 0.3) is 11.1 Å². The van der Waals surface area contributed by atoms with Gasteiger partial charge in [-0.3, -0.25) is 0 Å². The van der Waals surface area contributed by atoms with Gasteiger partial charge in [-0.25, -0.2) is 9.59 Å². The van der Waals surface area contributed by atoms with E-state index in [2.05, 4.69) is 9.47 Å². The maximum Gasteiger partial charge on any atom is 0.337 e. The third-order valence-electron chi connectivity index (χ3n) is 3.98. The lowest BCUT2D eigenvalue weighted by Crippen LogP contribution is -2.13. The van der Waals surface area contributed by atoms with Crippen molar-refractivity contribution in [3.05, 3.63) is 72.2 Å². The molecule has 0 aromatic heterocycles. The zero-order valence-electron chi connectivity index (χ0n) is 14.3. The van der Waals surface area contributed by atoms with E-state index in [-0.39, 0.29) is 11.5 Å². The Morgan fingerprint density at radius 2 is 1.00 bits per heavy atom. The van der Waals surface area contributed by atoms with E-state index >= 15 is 0 Å². The highest BCUT2D eigenvalue weighted by Gasteiger charge is 2.26. The quantitative estimate of drug-likeness (QED) is 0.751. The maximum absolute atomic E-state index is 11.1. The van der Waals surface area contributed by atoms with E-state index in [1.54, 1.807) is 24.3 Å². The SMILES string of the molecule is O=C1C=C(Oc2ccc(-c3ccc(OC4=CC(=O)OC4O)cc3)cc2)C(O)O1. The molecule has 0 spiro atoms. The molecule has 2 aliphatic rings. The Hall–Kier alpha value is -3.62. The molecule has 142 valence electrons. The van der Waals surface area contributed by atoms with E-state index in [1.165, 1.54) is 0 Å². The summed E-state index contributed by atoms with van der Waals surface area (Å²) in [5.41, 5.74) is 1.79. The molecule has 0 radical (unpaired) electrons. The summed E-state index contributed by atoms with van der Waals surface area (Å²) < 4.78 is 20.0. The number of hydrogen-bond acceptors (Lipinski definition) is 8. The minimum Gasteiger partial charge on any atom is -0.455 e. The first kappa shape index (κ1) is 17.8. The van der Waals surface area contributed by atoms with Gasteiger partial charge in [0.15, 0.2) is 11.5 Å². The fraction of sp³-hybridized carbons (Fsp3) is 0.100. The summed E-state index contributed by atoms with van der Waals surface area (Å²) in [6, 6.07) is 14.0. The second kappa shape index (κ2) is 7.18. The summed E-state index contributed by atoms with van der Waals surface area (Å²) in [7, 11) is 0. The van der Waals surface area contributed by atoms with E-state index in [4.69, 9.17) is 9.47 Å². The lowest BCUT2D eigenvalue weighted by Gasteiger charge is -2.11. The Morgan fingerprint density at radius 3 is 1.29 bits per heavy atom. The number of aliphatic hydroxyl groups is 2. The topological polar surface area (TPSA) is 112 Å². The van der Waals surface area contributed by atoms with Gasteiger partial charge >= 0.3 is 11.9 Å². The molecule has 0 aliphatic carbocycles. The number of ether oxygens (including phenoxy) is 4. The van der Waals surface area contributed by atoms with Gasteiger partial charge in [0.1, 0.15) is 11.5 Å². The van der Waals surface area contributed by atoms with Crippen LogP contribution >= 0.6 is 0 Å². The average molecular weight is 382 g/mol. The highest BCUT2D eigenvalue weighted by Crippen LogP contribution is 2.28. The molecule has 28 heavy (non-hydrogen) atoms. The van der Waals surface area contributed by atoms with Crippen molar-refractivity contribution in [3.8, 4) is 22.6 Å². The van der Waals surface area contributed by atoms with Crippen LogP contribution in [0, 0.1) is 0 Å². The Morgan fingerprint density at radius 1 is 0.643 bits per heavy atom. The van der Waals surface area contributed by atoms with E-state index in [1.807, 2.05) is 24.3 Å². The van der Waals surface area contributed by atoms with Crippen molar-refractivity contribution in [2.45, 2.75) is 12.6 Å². The fourth-order valence-electron chi connectivity index (χ4n) is 2.64. The number of hydrogen-bond donors (Lipinski definition) is 2. The lowest BCUT2D eigenvalue weighted by atomic mass is 10.1. The molecular formula is C20H14O8. The van der Waals surface area contributed by atoms with Gasteiger partial charge in [-0.2, -0.15) is 0 Å². The van der Waals surface area contributed by atoms with Gasteiger partial charge < -0.3 is 29.2 Å². The number of benzene rings is 2. The molecule has 0 fully saturated rings. The van der Waals surface area contributed by atoms with E-state index < -0.39 is 24.5 Å². The number of carbonyl (C=O) groups is 2. The van der Waals surface area contributed by atoms with Crippen LogP contribution in [0.15, 0.2) is 72.2 Å². The van der Waals surface area contributed by atoms with Gasteiger partial charge in [-0.1, -0.05) is 24.3 Å². The molecule has 0 saturated carbocycles. The molecule has 4 rings (SSSR count).